The Hall–Kier alpha value is -2.02. The Labute approximate surface area is 88.4 Å². The second-order valence-corrected chi connectivity index (χ2v) is 3.54. The summed E-state index contributed by atoms with van der Waals surface area (Å²) in [5, 5.41) is 2.54. The molecule has 3 aromatic rings. The van der Waals surface area contributed by atoms with E-state index >= 15 is 0 Å². The topological polar surface area (TPSA) is 15.8 Å². The molecule has 0 amide bonds. The second kappa shape index (κ2) is 3.28. The van der Waals surface area contributed by atoms with E-state index in [1.165, 1.54) is 16.3 Å². The van der Waals surface area contributed by atoms with Gasteiger partial charge in [-0.05, 0) is 22.4 Å². The second-order valence-electron chi connectivity index (χ2n) is 3.54. The van der Waals surface area contributed by atoms with Crippen molar-refractivity contribution in [2.45, 2.75) is 0 Å². The maximum atomic E-state index is 3.12. The molecule has 0 saturated carbocycles. The fraction of sp³-hybridized carbons (Fsp3) is 0. The van der Waals surface area contributed by atoms with E-state index in [9.17, 15) is 0 Å². The number of nitrogens with one attached hydrogen (secondary N) is 1. The average molecular weight is 192 g/mol. The molecule has 1 N–H and O–H groups in total. The number of aromatic amines is 1. The van der Waals surface area contributed by atoms with E-state index in [0.29, 0.717) is 0 Å². The van der Waals surface area contributed by atoms with Gasteiger partial charge in [0.1, 0.15) is 0 Å². The number of hydrogen-bond donors (Lipinski definition) is 1. The first-order chi connectivity index (χ1) is 7.45. The summed E-state index contributed by atoms with van der Waals surface area (Å²) in [6.07, 6.45) is 5.02. The predicted octanol–water partition coefficient (Wildman–Crippen LogP) is 3.64. The molecule has 71 valence electrons. The van der Waals surface area contributed by atoms with Gasteiger partial charge >= 0.3 is 0 Å². The lowest BCUT2D eigenvalue weighted by Crippen LogP contribution is -1.78. The summed E-state index contributed by atoms with van der Waals surface area (Å²) in [6, 6.07) is 16.8. The van der Waals surface area contributed by atoms with Crippen molar-refractivity contribution in [3.63, 3.8) is 0 Å². The molecule has 0 bridgehead atoms. The average Bonchev–Trinajstić information content (AvgIpc) is 2.82. The summed E-state index contributed by atoms with van der Waals surface area (Å²) >= 11 is 0. The SMILES string of the molecule is [c]1[nH]ccc1-c1cccc2ccccc12. The van der Waals surface area contributed by atoms with E-state index in [1.807, 2.05) is 12.3 Å². The molecule has 0 aliphatic rings. The van der Waals surface area contributed by atoms with Crippen molar-refractivity contribution in [1.29, 1.82) is 0 Å². The van der Waals surface area contributed by atoms with E-state index in [1.54, 1.807) is 0 Å². The van der Waals surface area contributed by atoms with E-state index in [-0.39, 0.29) is 0 Å². The molecular formula is C14H10N. The molecule has 0 atom stereocenters. The first kappa shape index (κ1) is 8.30. The molecule has 0 saturated heterocycles. The predicted molar refractivity (Wildman–Crippen MR) is 62.6 cm³/mol. The molecule has 1 nitrogen and oxygen atoms in total. The highest BCUT2D eigenvalue weighted by Crippen LogP contribution is 2.27. The van der Waals surface area contributed by atoms with Crippen LogP contribution in [0.5, 0.6) is 0 Å². The lowest BCUT2D eigenvalue weighted by Gasteiger charge is -2.03. The van der Waals surface area contributed by atoms with Crippen molar-refractivity contribution in [1.82, 2.24) is 4.98 Å². The van der Waals surface area contributed by atoms with E-state index in [0.717, 1.165) is 5.56 Å². The van der Waals surface area contributed by atoms with Crippen LogP contribution < -0.4 is 0 Å². The minimum absolute atomic E-state index is 1.12. The van der Waals surface area contributed by atoms with Crippen LogP contribution in [0.3, 0.4) is 0 Å². The molecule has 3 rings (SSSR count). The van der Waals surface area contributed by atoms with Gasteiger partial charge in [0.25, 0.3) is 0 Å². The molecule has 0 aliphatic carbocycles. The smallest absolute Gasteiger partial charge is 0.0705 e. The van der Waals surface area contributed by atoms with Crippen molar-refractivity contribution in [3.8, 4) is 11.1 Å². The molecule has 1 radical (unpaired) electrons. The molecule has 0 fully saturated rings. The summed E-state index contributed by atoms with van der Waals surface area (Å²) in [5.41, 5.74) is 2.35. The molecular weight excluding hydrogens is 182 g/mol. The van der Waals surface area contributed by atoms with Crippen molar-refractivity contribution in [2.24, 2.45) is 0 Å². The van der Waals surface area contributed by atoms with Crippen LogP contribution in [-0.4, -0.2) is 4.98 Å². The van der Waals surface area contributed by atoms with Gasteiger partial charge in [0.05, 0.1) is 6.20 Å². The highest BCUT2D eigenvalue weighted by Gasteiger charge is 2.02. The quantitative estimate of drug-likeness (QED) is 0.606. The third-order valence-corrected chi connectivity index (χ3v) is 2.62. The fourth-order valence-corrected chi connectivity index (χ4v) is 1.90. The number of fused-ring (bicyclic) bond motifs is 1. The zero-order valence-electron chi connectivity index (χ0n) is 8.20. The number of rotatable bonds is 1. The van der Waals surface area contributed by atoms with Gasteiger partial charge < -0.3 is 4.98 Å². The molecule has 0 unspecified atom stereocenters. The molecule has 1 aromatic heterocycles. The lowest BCUT2D eigenvalue weighted by molar-refractivity contribution is 1.40. The van der Waals surface area contributed by atoms with Gasteiger partial charge in [-0.1, -0.05) is 42.5 Å². The number of aromatic nitrogens is 1. The molecule has 15 heavy (non-hydrogen) atoms. The maximum Gasteiger partial charge on any atom is 0.0705 e. The summed E-state index contributed by atoms with van der Waals surface area (Å²) in [6.45, 7) is 0. The zero-order valence-corrected chi connectivity index (χ0v) is 8.20. The Morgan fingerprint density at radius 2 is 1.73 bits per heavy atom. The normalized spacial score (nSPS) is 10.7. The summed E-state index contributed by atoms with van der Waals surface area (Å²) in [5.74, 6) is 0. The molecule has 1 heterocycles. The fourth-order valence-electron chi connectivity index (χ4n) is 1.90. The van der Waals surface area contributed by atoms with Crippen molar-refractivity contribution < 1.29 is 0 Å². The van der Waals surface area contributed by atoms with Crippen LogP contribution in [-0.2, 0) is 0 Å². The Balaban J connectivity index is 2.36. The van der Waals surface area contributed by atoms with Crippen molar-refractivity contribution >= 4 is 10.8 Å². The van der Waals surface area contributed by atoms with Crippen LogP contribution in [0, 0.1) is 6.20 Å². The highest BCUT2D eigenvalue weighted by molar-refractivity contribution is 5.96. The van der Waals surface area contributed by atoms with E-state index < -0.39 is 0 Å². The van der Waals surface area contributed by atoms with E-state index in [2.05, 4.69) is 53.6 Å². The molecule has 0 spiro atoms. The number of H-pyrrole nitrogens is 1. The number of benzene rings is 2. The maximum absolute atomic E-state index is 3.12. The summed E-state index contributed by atoms with van der Waals surface area (Å²) in [4.78, 5) is 2.97. The molecule has 2 aromatic carbocycles. The van der Waals surface area contributed by atoms with Gasteiger partial charge in [-0.25, -0.2) is 0 Å². The third kappa shape index (κ3) is 1.33. The van der Waals surface area contributed by atoms with Crippen molar-refractivity contribution in [2.75, 3.05) is 0 Å². The standard InChI is InChI=1S/C14H10N/c1-2-6-13-11(4-1)5-3-7-14(13)12-8-9-15-10-12/h1-9,15H. The van der Waals surface area contributed by atoms with Crippen LogP contribution in [0.25, 0.3) is 21.9 Å². The minimum Gasteiger partial charge on any atom is -0.359 e. The summed E-state index contributed by atoms with van der Waals surface area (Å²) in [7, 11) is 0. The monoisotopic (exact) mass is 192 g/mol. The third-order valence-electron chi connectivity index (χ3n) is 2.62. The van der Waals surface area contributed by atoms with E-state index in [4.69, 9.17) is 0 Å². The van der Waals surface area contributed by atoms with Gasteiger partial charge in [0.2, 0.25) is 0 Å². The van der Waals surface area contributed by atoms with Gasteiger partial charge in [0.15, 0.2) is 0 Å². The van der Waals surface area contributed by atoms with Gasteiger partial charge in [-0.15, -0.1) is 0 Å². The molecule has 1 heteroatoms. The molecule has 0 aliphatic heterocycles. The van der Waals surface area contributed by atoms with Crippen LogP contribution in [0.15, 0.2) is 54.7 Å². The van der Waals surface area contributed by atoms with Gasteiger partial charge in [-0.3, -0.25) is 0 Å². The Morgan fingerprint density at radius 1 is 0.867 bits per heavy atom. The lowest BCUT2D eigenvalue weighted by atomic mass is 10.0. The zero-order chi connectivity index (χ0) is 10.1. The van der Waals surface area contributed by atoms with Crippen LogP contribution in [0.1, 0.15) is 0 Å². The Bertz CT molecular complexity index is 574. The first-order valence-corrected chi connectivity index (χ1v) is 4.98. The Kier molecular flexibility index (Phi) is 1.82. The van der Waals surface area contributed by atoms with Crippen molar-refractivity contribution in [3.05, 3.63) is 60.9 Å². The summed E-state index contributed by atoms with van der Waals surface area (Å²) < 4.78 is 0. The van der Waals surface area contributed by atoms with Crippen LogP contribution in [0.4, 0.5) is 0 Å². The van der Waals surface area contributed by atoms with Gasteiger partial charge in [-0.2, -0.15) is 0 Å². The number of hydrogen-bond acceptors (Lipinski definition) is 0. The van der Waals surface area contributed by atoms with Gasteiger partial charge in [0, 0.05) is 11.8 Å². The minimum atomic E-state index is 1.12. The van der Waals surface area contributed by atoms with Crippen LogP contribution >= 0.6 is 0 Å². The first-order valence-electron chi connectivity index (χ1n) is 4.98. The van der Waals surface area contributed by atoms with Crippen LogP contribution in [0.2, 0.25) is 0 Å². The Morgan fingerprint density at radius 3 is 2.60 bits per heavy atom. The largest absolute Gasteiger partial charge is 0.359 e. The highest BCUT2D eigenvalue weighted by atomic mass is 14.6.